The molecular formula is C14H11N3O4. The number of nitrogens with one attached hydrogen (secondary N) is 1. The third-order valence-corrected chi connectivity index (χ3v) is 3.33. The Balaban J connectivity index is 2.09. The summed E-state index contributed by atoms with van der Waals surface area (Å²) < 4.78 is 0. The number of carbonyl (C=O) groups excluding carboxylic acids is 1. The van der Waals surface area contributed by atoms with E-state index in [1.165, 1.54) is 18.2 Å². The zero-order valence-corrected chi connectivity index (χ0v) is 10.8. The normalized spacial score (nSPS) is 17.1. The van der Waals surface area contributed by atoms with Crippen LogP contribution in [0, 0.1) is 10.1 Å². The summed E-state index contributed by atoms with van der Waals surface area (Å²) in [5.74, 6) is -0.604. The first-order chi connectivity index (χ1) is 10.1. The number of hydroxylamine groups is 2. The smallest absolute Gasteiger partial charge is 0.281 e. The second-order valence-corrected chi connectivity index (χ2v) is 4.56. The van der Waals surface area contributed by atoms with Gasteiger partial charge in [0.2, 0.25) is 0 Å². The van der Waals surface area contributed by atoms with E-state index in [4.69, 9.17) is 0 Å². The van der Waals surface area contributed by atoms with Crippen molar-refractivity contribution in [1.82, 2.24) is 5.06 Å². The van der Waals surface area contributed by atoms with Gasteiger partial charge in [0.05, 0.1) is 16.1 Å². The van der Waals surface area contributed by atoms with Gasteiger partial charge < -0.3 is 5.32 Å². The van der Waals surface area contributed by atoms with E-state index >= 15 is 0 Å². The standard InChI is InChI=1S/C14H11N3O4/c18-14-9-5-1-3-7-11(9)15-13(16(14)19)10-6-2-4-8-12(10)17(20)21/h1-8,13,15,19H/t13-/m1/s1. The maximum absolute atomic E-state index is 12.1. The molecule has 3 rings (SSSR count). The number of nitrogens with zero attached hydrogens (tertiary/aromatic N) is 2. The summed E-state index contributed by atoms with van der Waals surface area (Å²) in [6.45, 7) is 0. The minimum absolute atomic E-state index is 0.166. The number of fused-ring (bicyclic) bond motifs is 1. The van der Waals surface area contributed by atoms with E-state index in [9.17, 15) is 20.1 Å². The summed E-state index contributed by atoms with van der Waals surface area (Å²) in [6.07, 6.45) is -1.01. The first kappa shape index (κ1) is 13.1. The van der Waals surface area contributed by atoms with Crippen molar-refractivity contribution in [2.75, 3.05) is 5.32 Å². The molecule has 1 aliphatic rings. The molecule has 0 aromatic heterocycles. The number of para-hydroxylation sites is 2. The molecule has 0 fully saturated rings. The summed E-state index contributed by atoms with van der Waals surface area (Å²) >= 11 is 0. The van der Waals surface area contributed by atoms with Crippen molar-refractivity contribution in [2.45, 2.75) is 6.17 Å². The lowest BCUT2D eigenvalue weighted by atomic mass is 10.0. The van der Waals surface area contributed by atoms with Crippen molar-refractivity contribution >= 4 is 17.3 Å². The van der Waals surface area contributed by atoms with E-state index in [2.05, 4.69) is 5.32 Å². The van der Waals surface area contributed by atoms with E-state index in [1.54, 1.807) is 30.3 Å². The molecule has 0 saturated heterocycles. The molecule has 7 nitrogen and oxygen atoms in total. The van der Waals surface area contributed by atoms with Crippen molar-refractivity contribution < 1.29 is 14.9 Å². The van der Waals surface area contributed by atoms with Crippen molar-refractivity contribution in [2.24, 2.45) is 0 Å². The van der Waals surface area contributed by atoms with Gasteiger partial charge in [-0.05, 0) is 18.2 Å². The summed E-state index contributed by atoms with van der Waals surface area (Å²) in [4.78, 5) is 22.7. The Kier molecular flexibility index (Phi) is 3.03. The number of hydrogen-bond acceptors (Lipinski definition) is 5. The Hall–Kier alpha value is -2.93. The Bertz CT molecular complexity index is 732. The number of amides is 1. The highest BCUT2D eigenvalue weighted by atomic mass is 16.6. The van der Waals surface area contributed by atoms with Gasteiger partial charge in [0.1, 0.15) is 0 Å². The molecule has 0 unspecified atom stereocenters. The van der Waals surface area contributed by atoms with Crippen LogP contribution in [0.2, 0.25) is 0 Å². The van der Waals surface area contributed by atoms with E-state index in [1.807, 2.05) is 0 Å². The van der Waals surface area contributed by atoms with Gasteiger partial charge in [-0.3, -0.25) is 20.1 Å². The third kappa shape index (κ3) is 2.09. The number of anilines is 1. The molecule has 0 bridgehead atoms. The molecule has 0 spiro atoms. The van der Waals surface area contributed by atoms with Gasteiger partial charge in [-0.2, -0.15) is 5.06 Å². The largest absolute Gasteiger partial charge is 0.359 e. The van der Waals surface area contributed by atoms with Crippen LogP contribution in [0.5, 0.6) is 0 Å². The van der Waals surface area contributed by atoms with Gasteiger partial charge in [0.15, 0.2) is 6.17 Å². The highest BCUT2D eigenvalue weighted by Gasteiger charge is 2.35. The van der Waals surface area contributed by atoms with Crippen LogP contribution in [0.1, 0.15) is 22.1 Å². The highest BCUT2D eigenvalue weighted by Crippen LogP contribution is 2.35. The predicted octanol–water partition coefficient (Wildman–Crippen LogP) is 2.55. The molecule has 0 radical (unpaired) electrons. The van der Waals surface area contributed by atoms with Crippen molar-refractivity contribution in [1.29, 1.82) is 0 Å². The fourth-order valence-corrected chi connectivity index (χ4v) is 2.34. The Morgan fingerprint density at radius 3 is 2.57 bits per heavy atom. The number of rotatable bonds is 2. The molecule has 2 aromatic carbocycles. The average molecular weight is 285 g/mol. The van der Waals surface area contributed by atoms with Gasteiger partial charge in [-0.1, -0.05) is 24.3 Å². The predicted molar refractivity (Wildman–Crippen MR) is 73.9 cm³/mol. The van der Waals surface area contributed by atoms with Crippen molar-refractivity contribution in [3.63, 3.8) is 0 Å². The number of benzene rings is 2. The molecular weight excluding hydrogens is 274 g/mol. The zero-order valence-electron chi connectivity index (χ0n) is 10.8. The van der Waals surface area contributed by atoms with Gasteiger partial charge in [-0.25, -0.2) is 0 Å². The molecule has 21 heavy (non-hydrogen) atoms. The van der Waals surface area contributed by atoms with Crippen LogP contribution >= 0.6 is 0 Å². The lowest BCUT2D eigenvalue weighted by Crippen LogP contribution is -2.40. The number of nitro groups is 1. The lowest BCUT2D eigenvalue weighted by molar-refractivity contribution is -0.386. The number of hydrogen-bond donors (Lipinski definition) is 2. The summed E-state index contributed by atoms with van der Waals surface area (Å²) in [6, 6.07) is 12.6. The zero-order chi connectivity index (χ0) is 15.0. The monoisotopic (exact) mass is 285 g/mol. The van der Waals surface area contributed by atoms with Crippen LogP contribution in [0.4, 0.5) is 11.4 Å². The van der Waals surface area contributed by atoms with Gasteiger partial charge in [0.25, 0.3) is 11.6 Å². The second kappa shape index (κ2) is 4.88. The number of nitro benzene ring substituents is 1. The Morgan fingerprint density at radius 1 is 1.14 bits per heavy atom. The molecule has 2 N–H and O–H groups in total. The lowest BCUT2D eigenvalue weighted by Gasteiger charge is -2.33. The van der Waals surface area contributed by atoms with Gasteiger partial charge >= 0.3 is 0 Å². The maximum atomic E-state index is 12.1. The Morgan fingerprint density at radius 2 is 1.81 bits per heavy atom. The quantitative estimate of drug-likeness (QED) is 0.502. The van der Waals surface area contributed by atoms with Crippen LogP contribution in [0.25, 0.3) is 0 Å². The SMILES string of the molecule is O=C1c2ccccc2N[C@@H](c2ccccc2[N+](=O)[O-])N1O. The summed E-state index contributed by atoms with van der Waals surface area (Å²) in [7, 11) is 0. The molecule has 0 saturated carbocycles. The molecule has 0 aliphatic carbocycles. The Labute approximate surface area is 119 Å². The first-order valence-electron chi connectivity index (χ1n) is 6.21. The summed E-state index contributed by atoms with van der Waals surface area (Å²) in [5, 5.41) is 24.5. The van der Waals surface area contributed by atoms with E-state index in [0.717, 1.165) is 0 Å². The van der Waals surface area contributed by atoms with Crippen LogP contribution in [-0.2, 0) is 0 Å². The molecule has 1 aliphatic heterocycles. The van der Waals surface area contributed by atoms with Crippen LogP contribution < -0.4 is 5.32 Å². The molecule has 1 atom stereocenters. The topological polar surface area (TPSA) is 95.7 Å². The fourth-order valence-electron chi connectivity index (χ4n) is 2.34. The third-order valence-electron chi connectivity index (χ3n) is 3.33. The fraction of sp³-hybridized carbons (Fsp3) is 0.0714. The average Bonchev–Trinajstić information content (AvgIpc) is 2.51. The highest BCUT2D eigenvalue weighted by molar-refractivity contribution is 6.01. The molecule has 1 heterocycles. The van der Waals surface area contributed by atoms with Gasteiger partial charge in [-0.15, -0.1) is 0 Å². The minimum Gasteiger partial charge on any atom is -0.359 e. The van der Waals surface area contributed by atoms with E-state index in [0.29, 0.717) is 16.3 Å². The minimum atomic E-state index is -1.01. The van der Waals surface area contributed by atoms with E-state index in [-0.39, 0.29) is 11.3 Å². The molecule has 1 amide bonds. The molecule has 2 aromatic rings. The van der Waals surface area contributed by atoms with Crippen LogP contribution in [0.3, 0.4) is 0 Å². The molecule has 106 valence electrons. The van der Waals surface area contributed by atoms with Crippen molar-refractivity contribution in [3.05, 3.63) is 69.8 Å². The van der Waals surface area contributed by atoms with E-state index < -0.39 is 17.0 Å². The molecule has 7 heteroatoms. The van der Waals surface area contributed by atoms with Crippen LogP contribution in [-0.4, -0.2) is 21.1 Å². The second-order valence-electron chi connectivity index (χ2n) is 4.56. The van der Waals surface area contributed by atoms with Crippen molar-refractivity contribution in [3.8, 4) is 0 Å². The van der Waals surface area contributed by atoms with Crippen LogP contribution in [0.15, 0.2) is 48.5 Å². The summed E-state index contributed by atoms with van der Waals surface area (Å²) in [5.41, 5.74) is 0.889. The maximum Gasteiger partial charge on any atom is 0.281 e. The van der Waals surface area contributed by atoms with Gasteiger partial charge in [0, 0.05) is 11.8 Å². The first-order valence-corrected chi connectivity index (χ1v) is 6.21. The number of carbonyl (C=O) groups is 1.